The van der Waals surface area contributed by atoms with Gasteiger partial charge in [-0.3, -0.25) is 0 Å². The zero-order valence-electron chi connectivity index (χ0n) is 20.4. The molecule has 0 saturated carbocycles. The van der Waals surface area contributed by atoms with Crippen molar-refractivity contribution in [3.8, 4) is 34.0 Å². The van der Waals surface area contributed by atoms with Crippen molar-refractivity contribution in [3.63, 3.8) is 0 Å². The lowest BCUT2D eigenvalue weighted by atomic mass is 10.1. The molecule has 0 atom stereocenters. The van der Waals surface area contributed by atoms with Crippen LogP contribution in [-0.2, 0) is 14.4 Å². The Morgan fingerprint density at radius 3 is 2.35 bits per heavy atom. The number of hydrogen-bond donors (Lipinski definition) is 1. The number of anilines is 2. The fraction of sp³-hybridized carbons (Fsp3) is 0.231. The third kappa shape index (κ3) is 5.05. The van der Waals surface area contributed by atoms with Crippen molar-refractivity contribution in [1.82, 2.24) is 15.0 Å². The molecule has 1 N–H and O–H groups in total. The van der Waals surface area contributed by atoms with Crippen molar-refractivity contribution in [3.05, 3.63) is 72.3 Å². The summed E-state index contributed by atoms with van der Waals surface area (Å²) >= 11 is 0. The van der Waals surface area contributed by atoms with E-state index < -0.39 is 21.8 Å². The van der Waals surface area contributed by atoms with Crippen molar-refractivity contribution in [2.24, 2.45) is 5.92 Å². The number of H-pyrrole nitrogens is 1. The van der Waals surface area contributed by atoms with Crippen LogP contribution in [0, 0.1) is 17.6 Å². The van der Waals surface area contributed by atoms with Crippen LogP contribution in [-0.4, -0.2) is 42.8 Å². The maximum atomic E-state index is 14.6. The number of fused-ring (bicyclic) bond motifs is 1. The zero-order valence-corrected chi connectivity index (χ0v) is 21.3. The Labute approximate surface area is 213 Å². The fourth-order valence-electron chi connectivity index (χ4n) is 4.32. The van der Waals surface area contributed by atoms with E-state index in [0.29, 0.717) is 35.1 Å². The summed E-state index contributed by atoms with van der Waals surface area (Å²) in [6, 6.07) is 16.3. The number of imidazole rings is 1. The maximum absolute atomic E-state index is 14.6. The number of nitrogens with one attached hydrogen (secondary N) is 1. The summed E-state index contributed by atoms with van der Waals surface area (Å²) in [5.74, 6) is -0.647. The van der Waals surface area contributed by atoms with E-state index in [0.717, 1.165) is 11.8 Å². The number of aromatic amines is 1. The van der Waals surface area contributed by atoms with Crippen LogP contribution >= 0.6 is 0 Å². The number of hydrogen-bond acceptors (Lipinski definition) is 7. The van der Waals surface area contributed by atoms with E-state index >= 15 is 0 Å². The molecule has 0 unspecified atom stereocenters. The Morgan fingerprint density at radius 2 is 1.70 bits per heavy atom. The normalized spacial score (nSPS) is 13.5. The molecule has 0 radical (unpaired) electrons. The summed E-state index contributed by atoms with van der Waals surface area (Å²) in [7, 11) is -3.76. The minimum atomic E-state index is -3.76. The van der Waals surface area contributed by atoms with Gasteiger partial charge in [0.1, 0.15) is 29.8 Å². The lowest BCUT2D eigenvalue weighted by Crippen LogP contribution is -2.34. The van der Waals surface area contributed by atoms with Crippen LogP contribution < -0.4 is 9.96 Å². The second-order valence-electron chi connectivity index (χ2n) is 9.23. The van der Waals surface area contributed by atoms with Crippen LogP contribution in [0.2, 0.25) is 0 Å². The molecule has 0 amide bonds. The third-order valence-corrected chi connectivity index (χ3v) is 6.19. The van der Waals surface area contributed by atoms with Crippen molar-refractivity contribution < 1.29 is 21.5 Å². The first-order valence-electron chi connectivity index (χ1n) is 11.6. The van der Waals surface area contributed by atoms with Gasteiger partial charge in [-0.15, -0.1) is 4.28 Å². The number of nitrogens with zero attached hydrogens (tertiary/aromatic N) is 4. The number of hydroxylamine groups is 1. The minimum absolute atomic E-state index is 0.0350. The van der Waals surface area contributed by atoms with Gasteiger partial charge < -0.3 is 9.88 Å². The van der Waals surface area contributed by atoms with Gasteiger partial charge in [0.05, 0.1) is 28.9 Å². The summed E-state index contributed by atoms with van der Waals surface area (Å²) < 4.78 is 58.1. The van der Waals surface area contributed by atoms with Crippen molar-refractivity contribution in [2.45, 2.75) is 13.8 Å². The smallest absolute Gasteiger partial charge is 0.285 e. The largest absolute Gasteiger partial charge is 0.336 e. The summed E-state index contributed by atoms with van der Waals surface area (Å²) in [6.45, 7) is 4.87. The van der Waals surface area contributed by atoms with E-state index in [2.05, 4.69) is 9.97 Å². The number of halogens is 2. The highest BCUT2D eigenvalue weighted by molar-refractivity contribution is 7.86. The molecule has 0 aliphatic carbocycles. The molecule has 3 heterocycles. The molecule has 0 fully saturated rings. The summed E-state index contributed by atoms with van der Waals surface area (Å²) in [5.41, 5.74) is 2.39. The maximum Gasteiger partial charge on any atom is 0.285 e. The average molecular weight is 526 g/mol. The lowest BCUT2D eigenvalue weighted by molar-refractivity contribution is 0.292. The van der Waals surface area contributed by atoms with E-state index in [4.69, 9.17) is 9.27 Å². The molecule has 0 spiro atoms. The minimum Gasteiger partial charge on any atom is -0.336 e. The topological polar surface area (TPSA) is 91.4 Å². The Hall–Kier alpha value is -3.83. The van der Waals surface area contributed by atoms with E-state index in [-0.39, 0.29) is 24.0 Å². The van der Waals surface area contributed by atoms with Crippen LogP contribution in [0.3, 0.4) is 0 Å². The molecule has 0 bridgehead atoms. The van der Waals surface area contributed by atoms with Gasteiger partial charge >= 0.3 is 0 Å². The molecule has 2 aromatic carbocycles. The average Bonchev–Trinajstić information content (AvgIpc) is 3.40. The van der Waals surface area contributed by atoms with Gasteiger partial charge in [0, 0.05) is 12.1 Å². The Bertz CT molecular complexity index is 1540. The predicted molar refractivity (Wildman–Crippen MR) is 138 cm³/mol. The fourth-order valence-corrected chi connectivity index (χ4v) is 4.78. The van der Waals surface area contributed by atoms with Crippen molar-refractivity contribution in [2.75, 3.05) is 29.4 Å². The molecule has 37 heavy (non-hydrogen) atoms. The van der Waals surface area contributed by atoms with E-state index in [9.17, 15) is 17.2 Å². The van der Waals surface area contributed by atoms with Gasteiger partial charge in [0.25, 0.3) is 10.1 Å². The third-order valence-electron chi connectivity index (χ3n) is 5.74. The molecule has 1 aliphatic heterocycles. The first-order chi connectivity index (χ1) is 17.6. The Kier molecular flexibility index (Phi) is 6.42. The second kappa shape index (κ2) is 9.56. The lowest BCUT2D eigenvalue weighted by Gasteiger charge is -2.21. The monoisotopic (exact) mass is 525 g/mol. The Morgan fingerprint density at radius 1 is 1.00 bits per heavy atom. The van der Waals surface area contributed by atoms with Crippen LogP contribution in [0.15, 0.2) is 60.7 Å². The number of benzene rings is 2. The van der Waals surface area contributed by atoms with Gasteiger partial charge in [-0.05, 0) is 30.2 Å². The highest BCUT2D eigenvalue weighted by atomic mass is 32.2. The van der Waals surface area contributed by atoms with Gasteiger partial charge in [-0.2, -0.15) is 8.42 Å². The Balaban J connectivity index is 1.66. The zero-order chi connectivity index (χ0) is 26.3. The van der Waals surface area contributed by atoms with E-state index in [1.54, 1.807) is 12.1 Å². The molecule has 8 nitrogen and oxygen atoms in total. The highest BCUT2D eigenvalue weighted by Crippen LogP contribution is 2.40. The molecular formula is C26H25F2N5O3S. The molecule has 11 heteroatoms. The summed E-state index contributed by atoms with van der Waals surface area (Å²) in [5, 5.41) is 1.29. The van der Waals surface area contributed by atoms with Crippen molar-refractivity contribution in [1.29, 1.82) is 0 Å². The molecule has 1 aliphatic rings. The van der Waals surface area contributed by atoms with Gasteiger partial charge in [0.2, 0.25) is 0 Å². The van der Waals surface area contributed by atoms with E-state index in [1.807, 2.05) is 49.1 Å². The molecule has 5 rings (SSSR count). The highest BCUT2D eigenvalue weighted by Gasteiger charge is 2.32. The van der Waals surface area contributed by atoms with Gasteiger partial charge in [-0.25, -0.2) is 23.8 Å². The van der Waals surface area contributed by atoms with Gasteiger partial charge in [0.15, 0.2) is 5.82 Å². The second-order valence-corrected chi connectivity index (χ2v) is 10.8. The van der Waals surface area contributed by atoms with Crippen LogP contribution in [0.1, 0.15) is 13.8 Å². The van der Waals surface area contributed by atoms with Crippen LogP contribution in [0.5, 0.6) is 0 Å². The summed E-state index contributed by atoms with van der Waals surface area (Å²) in [6.07, 6.45) is 0.986. The standard InChI is InChI=1S/C26H25F2N5O3S/c1-16(2)14-32-15-33(36-37(3,34)35)21-13-12-20(29-26(21)32)24-23(17-8-5-4-6-9-17)30-25(31-24)22-18(27)10-7-11-19(22)28/h4-13,16H,14-15H2,1-3H3,(H,30,31). The number of rotatable bonds is 7. The SMILES string of the molecule is CC(C)CN1CN(OS(C)(=O)=O)c2ccc(-c3[nH]c(-c4c(F)cccc4F)nc3-c3ccccc3)nc21. The quantitative estimate of drug-likeness (QED) is 0.354. The van der Waals surface area contributed by atoms with Gasteiger partial charge in [-0.1, -0.05) is 50.2 Å². The number of aromatic nitrogens is 3. The molecule has 192 valence electrons. The summed E-state index contributed by atoms with van der Waals surface area (Å²) in [4.78, 5) is 14.4. The first kappa shape index (κ1) is 24.8. The van der Waals surface area contributed by atoms with Crippen LogP contribution in [0.4, 0.5) is 20.3 Å². The van der Waals surface area contributed by atoms with Crippen molar-refractivity contribution >= 4 is 21.6 Å². The first-order valence-corrected chi connectivity index (χ1v) is 13.5. The predicted octanol–water partition coefficient (Wildman–Crippen LogP) is 5.22. The molecule has 2 aromatic heterocycles. The number of pyridine rings is 1. The molecular weight excluding hydrogens is 500 g/mol. The van der Waals surface area contributed by atoms with Crippen LogP contribution in [0.25, 0.3) is 34.0 Å². The van der Waals surface area contributed by atoms with E-state index in [1.165, 1.54) is 23.3 Å². The molecule has 4 aromatic rings. The molecule has 0 saturated heterocycles.